The first-order chi connectivity index (χ1) is 8.29. The smallest absolute Gasteiger partial charge is 0.131 e. The van der Waals surface area contributed by atoms with Crippen molar-refractivity contribution in [1.82, 2.24) is 19.5 Å². The molecule has 0 saturated carbocycles. The lowest BCUT2D eigenvalue weighted by atomic mass is 10.5. The first-order valence-corrected chi connectivity index (χ1v) is 5.51. The summed E-state index contributed by atoms with van der Waals surface area (Å²) in [4.78, 5) is 12.4. The third kappa shape index (κ3) is 2.93. The van der Waals surface area contributed by atoms with Gasteiger partial charge in [0, 0.05) is 38.6 Å². The molecule has 0 atom stereocenters. The highest BCUT2D eigenvalue weighted by Crippen LogP contribution is 2.07. The monoisotopic (exact) mass is 232 g/mol. The topological polar surface area (TPSA) is 67.7 Å². The minimum atomic E-state index is 0.803. The molecule has 2 aromatic rings. The van der Waals surface area contributed by atoms with Gasteiger partial charge in [-0.2, -0.15) is 0 Å². The van der Waals surface area contributed by atoms with Crippen LogP contribution in [0.2, 0.25) is 0 Å². The van der Waals surface area contributed by atoms with Crippen LogP contribution in [0, 0.1) is 6.92 Å². The Labute approximate surface area is 100 Å². The van der Waals surface area contributed by atoms with Crippen LogP contribution < -0.4 is 10.6 Å². The molecule has 0 aromatic carbocycles. The van der Waals surface area contributed by atoms with E-state index >= 15 is 0 Å². The molecule has 6 heteroatoms. The van der Waals surface area contributed by atoms with Crippen molar-refractivity contribution in [3.63, 3.8) is 0 Å². The summed E-state index contributed by atoms with van der Waals surface area (Å²) in [6.45, 7) is 3.66. The van der Waals surface area contributed by atoms with Crippen LogP contribution in [0.25, 0.3) is 0 Å². The molecule has 0 fully saturated rings. The summed E-state index contributed by atoms with van der Waals surface area (Å²) in [6, 6.07) is 1.88. The van der Waals surface area contributed by atoms with Crippen LogP contribution in [0.1, 0.15) is 5.82 Å². The van der Waals surface area contributed by atoms with E-state index in [9.17, 15) is 0 Å². The Morgan fingerprint density at radius 2 is 2.06 bits per heavy atom. The lowest BCUT2D eigenvalue weighted by molar-refractivity contribution is 0.699. The molecule has 0 bridgehead atoms. The Hall–Kier alpha value is -2.11. The van der Waals surface area contributed by atoms with Crippen molar-refractivity contribution in [2.24, 2.45) is 0 Å². The highest BCUT2D eigenvalue weighted by atomic mass is 15.1. The minimum Gasteiger partial charge on any atom is -0.373 e. The largest absolute Gasteiger partial charge is 0.373 e. The molecular formula is C11H16N6. The molecular weight excluding hydrogens is 216 g/mol. The average molecular weight is 232 g/mol. The van der Waals surface area contributed by atoms with Gasteiger partial charge in [-0.25, -0.2) is 15.0 Å². The summed E-state index contributed by atoms with van der Waals surface area (Å²) in [7, 11) is 1.83. The number of anilines is 2. The number of aromatic nitrogens is 4. The van der Waals surface area contributed by atoms with Crippen molar-refractivity contribution in [3.05, 3.63) is 30.6 Å². The summed E-state index contributed by atoms with van der Waals surface area (Å²) in [5.74, 6) is 2.65. The van der Waals surface area contributed by atoms with Crippen LogP contribution in [0.5, 0.6) is 0 Å². The zero-order valence-electron chi connectivity index (χ0n) is 10.0. The predicted molar refractivity (Wildman–Crippen MR) is 67.0 cm³/mol. The first-order valence-electron chi connectivity index (χ1n) is 5.51. The lowest BCUT2D eigenvalue weighted by Gasteiger charge is -2.08. The Morgan fingerprint density at radius 3 is 2.76 bits per heavy atom. The van der Waals surface area contributed by atoms with Gasteiger partial charge in [0.15, 0.2) is 0 Å². The Kier molecular flexibility index (Phi) is 3.54. The third-order valence-electron chi connectivity index (χ3n) is 2.51. The maximum absolute atomic E-state index is 4.17. The summed E-state index contributed by atoms with van der Waals surface area (Å²) in [6.07, 6.45) is 5.31. The van der Waals surface area contributed by atoms with Crippen molar-refractivity contribution in [1.29, 1.82) is 0 Å². The zero-order valence-corrected chi connectivity index (χ0v) is 10.0. The Balaban J connectivity index is 1.87. The van der Waals surface area contributed by atoms with E-state index in [1.54, 1.807) is 6.20 Å². The fourth-order valence-electron chi connectivity index (χ4n) is 1.54. The number of nitrogens with zero attached hydrogens (tertiary/aromatic N) is 4. The highest BCUT2D eigenvalue weighted by Gasteiger charge is 1.98. The van der Waals surface area contributed by atoms with Gasteiger partial charge in [-0.05, 0) is 6.92 Å². The number of rotatable bonds is 5. The molecule has 0 saturated heterocycles. The van der Waals surface area contributed by atoms with E-state index in [0.29, 0.717) is 0 Å². The molecule has 90 valence electrons. The van der Waals surface area contributed by atoms with Crippen LogP contribution in [-0.4, -0.2) is 33.1 Å². The van der Waals surface area contributed by atoms with Gasteiger partial charge in [0.05, 0.1) is 0 Å². The fraction of sp³-hybridized carbons (Fsp3) is 0.364. The van der Waals surface area contributed by atoms with Gasteiger partial charge in [0.25, 0.3) is 0 Å². The molecule has 2 rings (SSSR count). The van der Waals surface area contributed by atoms with E-state index in [1.165, 1.54) is 6.33 Å². The second-order valence-electron chi connectivity index (χ2n) is 3.63. The number of imidazole rings is 1. The summed E-state index contributed by atoms with van der Waals surface area (Å²) >= 11 is 0. The van der Waals surface area contributed by atoms with Crippen molar-refractivity contribution >= 4 is 11.6 Å². The minimum absolute atomic E-state index is 0.803. The summed E-state index contributed by atoms with van der Waals surface area (Å²) in [5, 5.41) is 6.22. The molecule has 0 aliphatic rings. The lowest BCUT2D eigenvalue weighted by Crippen LogP contribution is -2.12. The van der Waals surface area contributed by atoms with Gasteiger partial charge in [-0.1, -0.05) is 0 Å². The molecule has 2 aromatic heterocycles. The van der Waals surface area contributed by atoms with Crippen LogP contribution in [-0.2, 0) is 6.54 Å². The quantitative estimate of drug-likeness (QED) is 0.809. The molecule has 2 N–H and O–H groups in total. The number of aryl methyl sites for hydroxylation is 1. The molecule has 0 spiro atoms. The van der Waals surface area contributed by atoms with Crippen molar-refractivity contribution in [2.45, 2.75) is 13.5 Å². The van der Waals surface area contributed by atoms with Gasteiger partial charge in [-0.3, -0.25) is 0 Å². The number of hydrogen-bond donors (Lipinski definition) is 2. The molecule has 0 aliphatic carbocycles. The molecule has 17 heavy (non-hydrogen) atoms. The second kappa shape index (κ2) is 5.29. The molecule has 6 nitrogen and oxygen atoms in total. The second-order valence-corrected chi connectivity index (χ2v) is 3.63. The van der Waals surface area contributed by atoms with E-state index in [1.807, 2.05) is 26.2 Å². The number of hydrogen-bond acceptors (Lipinski definition) is 5. The van der Waals surface area contributed by atoms with Crippen LogP contribution in [0.15, 0.2) is 24.8 Å². The van der Waals surface area contributed by atoms with Gasteiger partial charge >= 0.3 is 0 Å². The molecule has 2 heterocycles. The summed E-state index contributed by atoms with van der Waals surface area (Å²) in [5.41, 5.74) is 0. The van der Waals surface area contributed by atoms with E-state index in [-0.39, 0.29) is 0 Å². The number of nitrogens with one attached hydrogen (secondary N) is 2. The molecule has 0 amide bonds. The summed E-state index contributed by atoms with van der Waals surface area (Å²) < 4.78 is 2.09. The van der Waals surface area contributed by atoms with Crippen LogP contribution in [0.3, 0.4) is 0 Å². The van der Waals surface area contributed by atoms with Gasteiger partial charge in [-0.15, -0.1) is 0 Å². The Morgan fingerprint density at radius 1 is 1.24 bits per heavy atom. The van der Waals surface area contributed by atoms with Crippen molar-refractivity contribution in [2.75, 3.05) is 24.2 Å². The maximum atomic E-state index is 4.17. The zero-order chi connectivity index (χ0) is 12.1. The van der Waals surface area contributed by atoms with Gasteiger partial charge in [0.2, 0.25) is 0 Å². The highest BCUT2D eigenvalue weighted by molar-refractivity contribution is 5.45. The van der Waals surface area contributed by atoms with Crippen molar-refractivity contribution in [3.8, 4) is 0 Å². The van der Waals surface area contributed by atoms with Crippen LogP contribution in [0.4, 0.5) is 11.6 Å². The van der Waals surface area contributed by atoms with E-state index in [0.717, 1.165) is 30.5 Å². The first kappa shape index (κ1) is 11.4. The predicted octanol–water partition coefficient (Wildman–Crippen LogP) is 1.14. The average Bonchev–Trinajstić information content (AvgIpc) is 2.76. The normalized spacial score (nSPS) is 10.2. The Bertz CT molecular complexity index is 478. The third-order valence-corrected chi connectivity index (χ3v) is 2.51. The van der Waals surface area contributed by atoms with Crippen molar-refractivity contribution < 1.29 is 0 Å². The van der Waals surface area contributed by atoms with Gasteiger partial charge in [0.1, 0.15) is 23.8 Å². The molecule has 0 unspecified atom stereocenters. The maximum Gasteiger partial charge on any atom is 0.131 e. The van der Waals surface area contributed by atoms with E-state index < -0.39 is 0 Å². The van der Waals surface area contributed by atoms with E-state index in [4.69, 9.17) is 0 Å². The molecule has 0 aliphatic heterocycles. The van der Waals surface area contributed by atoms with Crippen LogP contribution >= 0.6 is 0 Å². The standard InChI is InChI=1S/C11H16N6/c1-9-13-3-5-17(9)6-4-14-11-7-10(12-2)15-8-16-11/h3,5,7-8H,4,6H2,1-2H3,(H2,12,14,15,16). The molecule has 0 radical (unpaired) electrons. The van der Waals surface area contributed by atoms with Gasteiger partial charge < -0.3 is 15.2 Å². The SMILES string of the molecule is CNc1cc(NCCn2ccnc2C)ncn1. The van der Waals surface area contributed by atoms with E-state index in [2.05, 4.69) is 30.2 Å². The fourth-order valence-corrected chi connectivity index (χ4v) is 1.54.